The van der Waals surface area contributed by atoms with Crippen LogP contribution in [-0.4, -0.2) is 33.1 Å². The van der Waals surface area contributed by atoms with Gasteiger partial charge in [0.15, 0.2) is 0 Å². The molecule has 0 spiro atoms. The molecule has 4 heteroatoms. The molecule has 1 rings (SSSR count). The van der Waals surface area contributed by atoms with Crippen LogP contribution >= 0.6 is 11.6 Å². The summed E-state index contributed by atoms with van der Waals surface area (Å²) >= 11 is 5.97. The van der Waals surface area contributed by atoms with Gasteiger partial charge in [0.25, 0.3) is 0 Å². The zero-order valence-corrected chi connectivity index (χ0v) is 11.7. The molecule has 92 valence electrons. The quantitative estimate of drug-likeness (QED) is 0.742. The van der Waals surface area contributed by atoms with E-state index in [4.69, 9.17) is 11.6 Å². The average molecular weight is 244 g/mol. The van der Waals surface area contributed by atoms with Gasteiger partial charge in [-0.1, -0.05) is 0 Å². The first-order valence-electron chi connectivity index (χ1n) is 5.71. The maximum absolute atomic E-state index is 5.97. The number of halogens is 1. The minimum Gasteiger partial charge on any atom is -0.294 e. The second-order valence-corrected chi connectivity index (χ2v) is 5.16. The average Bonchev–Trinajstić information content (AvgIpc) is 2.58. The maximum Gasteiger partial charge on any atom is 0.0597 e. The third-order valence-electron chi connectivity index (χ3n) is 3.04. The van der Waals surface area contributed by atoms with Gasteiger partial charge >= 0.3 is 0 Å². The molecule has 0 aliphatic heterocycles. The Kier molecular flexibility index (Phi) is 4.39. The van der Waals surface area contributed by atoms with E-state index < -0.39 is 0 Å². The summed E-state index contributed by atoms with van der Waals surface area (Å²) < 4.78 is 2.05. The number of nitrogens with zero attached hydrogens (tertiary/aromatic N) is 3. The van der Waals surface area contributed by atoms with Crippen molar-refractivity contribution in [2.75, 3.05) is 12.9 Å². The Morgan fingerprint density at radius 2 is 2.12 bits per heavy atom. The normalized spacial score (nSPS) is 12.4. The van der Waals surface area contributed by atoms with Crippen LogP contribution < -0.4 is 0 Å². The Bertz CT molecular complexity index is 344. The van der Waals surface area contributed by atoms with Gasteiger partial charge in [0.2, 0.25) is 0 Å². The van der Waals surface area contributed by atoms with Crippen LogP contribution in [0.15, 0.2) is 6.07 Å². The molecule has 3 nitrogen and oxygen atoms in total. The first kappa shape index (κ1) is 13.5. The van der Waals surface area contributed by atoms with Crippen molar-refractivity contribution >= 4 is 11.6 Å². The molecule has 16 heavy (non-hydrogen) atoms. The standard InChI is InChI=1S/C12H22ClN3/c1-6-16-11(7-10(2)14-16)8-15(5)12(3,4)9-13/h7H,6,8-9H2,1-5H3. The first-order valence-corrected chi connectivity index (χ1v) is 6.24. The van der Waals surface area contributed by atoms with E-state index in [9.17, 15) is 0 Å². The van der Waals surface area contributed by atoms with Crippen molar-refractivity contribution in [2.24, 2.45) is 0 Å². The van der Waals surface area contributed by atoms with E-state index in [1.54, 1.807) is 0 Å². The molecule has 0 saturated heterocycles. The minimum absolute atomic E-state index is 0.0122. The van der Waals surface area contributed by atoms with Gasteiger partial charge in [-0.3, -0.25) is 9.58 Å². The van der Waals surface area contributed by atoms with Gasteiger partial charge < -0.3 is 0 Å². The molecule has 0 saturated carbocycles. The Balaban J connectivity index is 2.80. The molecular weight excluding hydrogens is 222 g/mol. The Morgan fingerprint density at radius 3 is 2.62 bits per heavy atom. The Labute approximate surface area is 103 Å². The molecule has 0 amide bonds. The highest BCUT2D eigenvalue weighted by molar-refractivity contribution is 6.18. The van der Waals surface area contributed by atoms with Crippen molar-refractivity contribution in [3.05, 3.63) is 17.5 Å². The smallest absolute Gasteiger partial charge is 0.0597 e. The molecule has 1 aromatic rings. The second kappa shape index (κ2) is 5.19. The SMILES string of the molecule is CCn1nc(C)cc1CN(C)C(C)(C)CCl. The van der Waals surface area contributed by atoms with Gasteiger partial charge in [-0.15, -0.1) is 11.6 Å². The molecule has 0 radical (unpaired) electrons. The number of rotatable bonds is 5. The summed E-state index contributed by atoms with van der Waals surface area (Å²) in [5.41, 5.74) is 2.34. The van der Waals surface area contributed by atoms with E-state index in [2.05, 4.69) is 48.6 Å². The summed E-state index contributed by atoms with van der Waals surface area (Å²) in [5, 5.41) is 4.45. The third kappa shape index (κ3) is 2.98. The fourth-order valence-corrected chi connectivity index (χ4v) is 1.76. The van der Waals surface area contributed by atoms with E-state index in [1.165, 1.54) is 5.69 Å². The van der Waals surface area contributed by atoms with Crippen LogP contribution in [0.2, 0.25) is 0 Å². The number of hydrogen-bond acceptors (Lipinski definition) is 2. The van der Waals surface area contributed by atoms with Crippen molar-refractivity contribution in [3.8, 4) is 0 Å². The highest BCUT2D eigenvalue weighted by Crippen LogP contribution is 2.17. The van der Waals surface area contributed by atoms with Crippen molar-refractivity contribution in [1.82, 2.24) is 14.7 Å². The molecule has 0 aliphatic rings. The second-order valence-electron chi connectivity index (χ2n) is 4.89. The van der Waals surface area contributed by atoms with Gasteiger partial charge in [-0.05, 0) is 40.8 Å². The number of aromatic nitrogens is 2. The molecule has 0 N–H and O–H groups in total. The molecule has 0 atom stereocenters. The first-order chi connectivity index (χ1) is 7.40. The highest BCUT2D eigenvalue weighted by Gasteiger charge is 2.23. The summed E-state index contributed by atoms with van der Waals surface area (Å²) in [7, 11) is 2.10. The van der Waals surface area contributed by atoms with E-state index in [0.717, 1.165) is 18.8 Å². The van der Waals surface area contributed by atoms with Crippen LogP contribution in [-0.2, 0) is 13.1 Å². The predicted octanol–water partition coefficient (Wildman–Crippen LogP) is 2.66. The lowest BCUT2D eigenvalue weighted by Crippen LogP contribution is -2.42. The van der Waals surface area contributed by atoms with Gasteiger partial charge in [-0.25, -0.2) is 0 Å². The fraction of sp³-hybridized carbons (Fsp3) is 0.750. The third-order valence-corrected chi connectivity index (χ3v) is 3.70. The number of hydrogen-bond donors (Lipinski definition) is 0. The summed E-state index contributed by atoms with van der Waals surface area (Å²) in [6, 6.07) is 2.14. The maximum atomic E-state index is 5.97. The highest BCUT2D eigenvalue weighted by atomic mass is 35.5. The minimum atomic E-state index is 0.0122. The molecular formula is C12H22ClN3. The van der Waals surface area contributed by atoms with Crippen LogP contribution in [0.5, 0.6) is 0 Å². The molecule has 1 aromatic heterocycles. The van der Waals surface area contributed by atoms with E-state index in [0.29, 0.717) is 5.88 Å². The van der Waals surface area contributed by atoms with Crippen molar-refractivity contribution in [3.63, 3.8) is 0 Å². The van der Waals surface area contributed by atoms with Crippen LogP contribution in [0.3, 0.4) is 0 Å². The molecule has 0 bridgehead atoms. The van der Waals surface area contributed by atoms with Crippen molar-refractivity contribution < 1.29 is 0 Å². The topological polar surface area (TPSA) is 21.1 Å². The molecule has 0 aromatic carbocycles. The van der Waals surface area contributed by atoms with E-state index >= 15 is 0 Å². The molecule has 0 unspecified atom stereocenters. The van der Waals surface area contributed by atoms with Gasteiger partial charge in [0.05, 0.1) is 11.4 Å². The lowest BCUT2D eigenvalue weighted by molar-refractivity contribution is 0.166. The number of alkyl halides is 1. The summed E-state index contributed by atoms with van der Waals surface area (Å²) in [4.78, 5) is 2.27. The number of aryl methyl sites for hydroxylation is 2. The summed E-state index contributed by atoms with van der Waals surface area (Å²) in [6.45, 7) is 10.2. The molecule has 0 fully saturated rings. The Morgan fingerprint density at radius 1 is 1.50 bits per heavy atom. The lowest BCUT2D eigenvalue weighted by Gasteiger charge is -2.33. The summed E-state index contributed by atoms with van der Waals surface area (Å²) in [6.07, 6.45) is 0. The van der Waals surface area contributed by atoms with E-state index in [-0.39, 0.29) is 5.54 Å². The monoisotopic (exact) mass is 243 g/mol. The van der Waals surface area contributed by atoms with Gasteiger partial charge in [0.1, 0.15) is 0 Å². The molecule has 0 aliphatic carbocycles. The Hall–Kier alpha value is -0.540. The van der Waals surface area contributed by atoms with E-state index in [1.807, 2.05) is 6.92 Å². The van der Waals surface area contributed by atoms with Crippen LogP contribution in [0.4, 0.5) is 0 Å². The zero-order valence-electron chi connectivity index (χ0n) is 10.9. The van der Waals surface area contributed by atoms with Gasteiger partial charge in [0, 0.05) is 24.5 Å². The zero-order chi connectivity index (χ0) is 12.3. The fourth-order valence-electron chi connectivity index (χ4n) is 1.56. The predicted molar refractivity (Wildman–Crippen MR) is 68.9 cm³/mol. The van der Waals surface area contributed by atoms with Crippen molar-refractivity contribution in [2.45, 2.75) is 46.3 Å². The summed E-state index contributed by atoms with van der Waals surface area (Å²) in [5.74, 6) is 0.628. The molecule has 1 heterocycles. The van der Waals surface area contributed by atoms with Gasteiger partial charge in [-0.2, -0.15) is 5.10 Å². The lowest BCUT2D eigenvalue weighted by atomic mass is 10.1. The van der Waals surface area contributed by atoms with Crippen LogP contribution in [0.25, 0.3) is 0 Å². The largest absolute Gasteiger partial charge is 0.294 e. The van der Waals surface area contributed by atoms with Crippen LogP contribution in [0.1, 0.15) is 32.2 Å². The van der Waals surface area contributed by atoms with Crippen LogP contribution in [0, 0.1) is 6.92 Å². The van der Waals surface area contributed by atoms with Crippen molar-refractivity contribution in [1.29, 1.82) is 0 Å².